The van der Waals surface area contributed by atoms with Gasteiger partial charge in [-0.1, -0.05) is 15.9 Å². The summed E-state index contributed by atoms with van der Waals surface area (Å²) in [4.78, 5) is 11.3. The zero-order chi connectivity index (χ0) is 12.1. The first-order chi connectivity index (χ1) is 7.52. The first kappa shape index (κ1) is 13.0. The van der Waals surface area contributed by atoms with Gasteiger partial charge in [-0.3, -0.25) is 0 Å². The Hall–Kier alpha value is -1.10. The van der Waals surface area contributed by atoms with Crippen LogP contribution in [0.5, 0.6) is 5.75 Å². The van der Waals surface area contributed by atoms with Crippen molar-refractivity contribution in [3.8, 4) is 5.75 Å². The van der Waals surface area contributed by atoms with Crippen molar-refractivity contribution in [2.24, 2.45) is 0 Å². The fourth-order valence-corrected chi connectivity index (χ4v) is 1.55. The minimum absolute atomic E-state index is 0.285. The highest BCUT2D eigenvalue weighted by molar-refractivity contribution is 9.10. The molecular weight excluding hydrogens is 279 g/mol. The number of halogens is 2. The van der Waals surface area contributed by atoms with Crippen molar-refractivity contribution >= 4 is 21.9 Å². The van der Waals surface area contributed by atoms with E-state index in [0.717, 1.165) is 0 Å². The highest BCUT2D eigenvalue weighted by Crippen LogP contribution is 2.21. The van der Waals surface area contributed by atoms with Gasteiger partial charge in [0.15, 0.2) is 6.10 Å². The second-order valence-electron chi connectivity index (χ2n) is 3.12. The lowest BCUT2D eigenvalue weighted by molar-refractivity contribution is -0.150. The fraction of sp³-hybridized carbons (Fsp3) is 0.364. The molecule has 88 valence electrons. The lowest BCUT2D eigenvalue weighted by Crippen LogP contribution is -2.26. The number of hydrogen-bond acceptors (Lipinski definition) is 3. The first-order valence-corrected chi connectivity index (χ1v) is 5.61. The average Bonchev–Trinajstić information content (AvgIpc) is 2.16. The summed E-state index contributed by atoms with van der Waals surface area (Å²) in [6.07, 6.45) is -0.756. The van der Waals surface area contributed by atoms with E-state index in [-0.39, 0.29) is 5.75 Å². The van der Waals surface area contributed by atoms with Crippen molar-refractivity contribution in [1.29, 1.82) is 0 Å². The molecule has 0 spiro atoms. The van der Waals surface area contributed by atoms with Gasteiger partial charge in [0, 0.05) is 10.5 Å². The minimum Gasteiger partial charge on any atom is -0.479 e. The molecule has 0 amide bonds. The fourth-order valence-electron chi connectivity index (χ4n) is 1.11. The molecule has 1 atom stereocenters. The molecule has 0 aliphatic rings. The van der Waals surface area contributed by atoms with Crippen molar-refractivity contribution in [3.05, 3.63) is 28.5 Å². The van der Waals surface area contributed by atoms with Gasteiger partial charge in [-0.05, 0) is 26.0 Å². The van der Waals surface area contributed by atoms with E-state index in [1.807, 2.05) is 0 Å². The van der Waals surface area contributed by atoms with Crippen molar-refractivity contribution in [2.75, 3.05) is 6.61 Å². The van der Waals surface area contributed by atoms with Crippen LogP contribution in [0.3, 0.4) is 0 Å². The summed E-state index contributed by atoms with van der Waals surface area (Å²) in [5, 5.41) is 0. The maximum absolute atomic E-state index is 13.0. The largest absolute Gasteiger partial charge is 0.479 e. The SMILES string of the molecule is CCOC(=O)C(C)Oc1cc(F)cc(Br)c1. The topological polar surface area (TPSA) is 35.5 Å². The minimum atomic E-state index is -0.756. The Morgan fingerprint density at radius 1 is 1.50 bits per heavy atom. The summed E-state index contributed by atoms with van der Waals surface area (Å²) in [7, 11) is 0. The number of ether oxygens (including phenoxy) is 2. The van der Waals surface area contributed by atoms with E-state index in [2.05, 4.69) is 15.9 Å². The van der Waals surface area contributed by atoms with Crippen LogP contribution in [0.25, 0.3) is 0 Å². The summed E-state index contributed by atoms with van der Waals surface area (Å²) < 4.78 is 23.6. The normalized spacial score (nSPS) is 12.0. The second kappa shape index (κ2) is 5.84. The summed E-state index contributed by atoms with van der Waals surface area (Å²) in [6, 6.07) is 4.10. The lowest BCUT2D eigenvalue weighted by Gasteiger charge is -2.13. The van der Waals surface area contributed by atoms with Crippen LogP contribution in [0.2, 0.25) is 0 Å². The monoisotopic (exact) mass is 290 g/mol. The summed E-state index contributed by atoms with van der Waals surface area (Å²) in [5.74, 6) is -0.615. The summed E-state index contributed by atoms with van der Waals surface area (Å²) in [6.45, 7) is 3.56. The average molecular weight is 291 g/mol. The Bertz CT molecular complexity index is 361. The van der Waals surface area contributed by atoms with E-state index in [1.54, 1.807) is 19.9 Å². The quantitative estimate of drug-likeness (QED) is 0.800. The van der Waals surface area contributed by atoms with E-state index in [0.29, 0.717) is 11.1 Å². The third-order valence-electron chi connectivity index (χ3n) is 1.77. The molecule has 0 saturated heterocycles. The van der Waals surface area contributed by atoms with E-state index >= 15 is 0 Å². The predicted molar refractivity (Wildman–Crippen MR) is 60.8 cm³/mol. The summed E-state index contributed by atoms with van der Waals surface area (Å²) in [5.41, 5.74) is 0. The van der Waals surface area contributed by atoms with Crippen molar-refractivity contribution in [1.82, 2.24) is 0 Å². The molecule has 1 unspecified atom stereocenters. The van der Waals surface area contributed by atoms with E-state index < -0.39 is 17.9 Å². The number of rotatable bonds is 4. The van der Waals surface area contributed by atoms with Crippen LogP contribution in [-0.2, 0) is 9.53 Å². The third kappa shape index (κ3) is 3.81. The van der Waals surface area contributed by atoms with Gasteiger partial charge in [-0.2, -0.15) is 0 Å². The maximum atomic E-state index is 13.0. The Balaban J connectivity index is 2.69. The van der Waals surface area contributed by atoms with Crippen LogP contribution in [0, 0.1) is 5.82 Å². The molecule has 0 aromatic heterocycles. The highest BCUT2D eigenvalue weighted by atomic mass is 79.9. The summed E-state index contributed by atoms with van der Waals surface area (Å²) >= 11 is 3.13. The smallest absolute Gasteiger partial charge is 0.347 e. The molecule has 3 nitrogen and oxygen atoms in total. The second-order valence-corrected chi connectivity index (χ2v) is 4.03. The molecule has 1 aromatic rings. The molecule has 1 aromatic carbocycles. The van der Waals surface area contributed by atoms with Crippen LogP contribution >= 0.6 is 15.9 Å². The van der Waals surface area contributed by atoms with Gasteiger partial charge < -0.3 is 9.47 Å². The van der Waals surface area contributed by atoms with E-state index in [4.69, 9.17) is 9.47 Å². The maximum Gasteiger partial charge on any atom is 0.347 e. The van der Waals surface area contributed by atoms with Crippen LogP contribution in [0.1, 0.15) is 13.8 Å². The number of carbonyl (C=O) groups is 1. The molecule has 0 fully saturated rings. The van der Waals surface area contributed by atoms with Gasteiger partial charge >= 0.3 is 5.97 Å². The van der Waals surface area contributed by atoms with Crippen molar-refractivity contribution < 1.29 is 18.7 Å². The van der Waals surface area contributed by atoms with E-state index in [9.17, 15) is 9.18 Å². The van der Waals surface area contributed by atoms with Crippen LogP contribution < -0.4 is 4.74 Å². The first-order valence-electron chi connectivity index (χ1n) is 4.82. The molecule has 0 heterocycles. The Labute approximate surface area is 102 Å². The van der Waals surface area contributed by atoms with Gasteiger partial charge in [-0.15, -0.1) is 0 Å². The number of carbonyl (C=O) groups excluding carboxylic acids is 1. The zero-order valence-electron chi connectivity index (χ0n) is 9.00. The lowest BCUT2D eigenvalue weighted by atomic mass is 10.3. The number of hydrogen-bond donors (Lipinski definition) is 0. The van der Waals surface area contributed by atoms with Gasteiger partial charge in [0.1, 0.15) is 11.6 Å². The molecule has 0 radical (unpaired) electrons. The number of benzene rings is 1. The van der Waals surface area contributed by atoms with Gasteiger partial charge in [0.25, 0.3) is 0 Å². The molecule has 5 heteroatoms. The Morgan fingerprint density at radius 3 is 2.75 bits per heavy atom. The molecule has 0 aliphatic heterocycles. The number of esters is 1. The van der Waals surface area contributed by atoms with Gasteiger partial charge in [0.2, 0.25) is 0 Å². The van der Waals surface area contributed by atoms with Crippen molar-refractivity contribution in [2.45, 2.75) is 20.0 Å². The molecule has 0 bridgehead atoms. The molecule has 0 N–H and O–H groups in total. The van der Waals surface area contributed by atoms with Gasteiger partial charge in [0.05, 0.1) is 6.61 Å². The Kier molecular flexibility index (Phi) is 4.73. The molecule has 1 rings (SSSR count). The van der Waals surface area contributed by atoms with Gasteiger partial charge in [-0.25, -0.2) is 9.18 Å². The Morgan fingerprint density at radius 2 is 2.19 bits per heavy atom. The van der Waals surface area contributed by atoms with E-state index in [1.165, 1.54) is 12.1 Å². The third-order valence-corrected chi connectivity index (χ3v) is 2.23. The standard InChI is InChI=1S/C11H12BrFO3/c1-3-15-11(14)7(2)16-10-5-8(12)4-9(13)6-10/h4-7H,3H2,1-2H3. The molecular formula is C11H12BrFO3. The molecule has 16 heavy (non-hydrogen) atoms. The molecule has 0 saturated carbocycles. The predicted octanol–water partition coefficient (Wildman–Crippen LogP) is 2.92. The zero-order valence-corrected chi connectivity index (χ0v) is 10.6. The van der Waals surface area contributed by atoms with Crippen molar-refractivity contribution in [3.63, 3.8) is 0 Å². The molecule has 0 aliphatic carbocycles. The van der Waals surface area contributed by atoms with Crippen LogP contribution in [0.15, 0.2) is 22.7 Å². The van der Waals surface area contributed by atoms with Crippen LogP contribution in [0.4, 0.5) is 4.39 Å². The van der Waals surface area contributed by atoms with Crippen LogP contribution in [-0.4, -0.2) is 18.7 Å². The highest BCUT2D eigenvalue weighted by Gasteiger charge is 2.16.